The molecule has 2 atom stereocenters. The van der Waals surface area contributed by atoms with Crippen LogP contribution in [0.3, 0.4) is 0 Å². The van der Waals surface area contributed by atoms with Crippen LogP contribution in [0, 0.1) is 0 Å². The van der Waals surface area contributed by atoms with Crippen molar-refractivity contribution in [1.29, 1.82) is 0 Å². The molecule has 1 aliphatic heterocycles. The van der Waals surface area contributed by atoms with Gasteiger partial charge >= 0.3 is 0 Å². The van der Waals surface area contributed by atoms with Gasteiger partial charge in [-0.3, -0.25) is 4.90 Å². The van der Waals surface area contributed by atoms with Crippen LogP contribution in [0.1, 0.15) is 18.0 Å². The first-order valence-corrected chi connectivity index (χ1v) is 6.35. The summed E-state index contributed by atoms with van der Waals surface area (Å²) in [4.78, 5) is 2.30. The SMILES string of the molecule is CN(C1CCOC1)C(CN)c1cccc(Cl)c1. The zero-order chi connectivity index (χ0) is 12.3. The molecule has 1 heterocycles. The third-order valence-electron chi connectivity index (χ3n) is 3.43. The van der Waals surface area contributed by atoms with Crippen LogP contribution in [0.25, 0.3) is 0 Å². The van der Waals surface area contributed by atoms with E-state index in [4.69, 9.17) is 22.1 Å². The zero-order valence-corrected chi connectivity index (χ0v) is 10.9. The lowest BCUT2D eigenvalue weighted by Gasteiger charge is -2.31. The summed E-state index contributed by atoms with van der Waals surface area (Å²) in [6.45, 7) is 2.24. The van der Waals surface area contributed by atoms with E-state index in [9.17, 15) is 0 Å². The molecule has 1 aromatic rings. The zero-order valence-electron chi connectivity index (χ0n) is 10.1. The minimum atomic E-state index is 0.209. The first-order valence-electron chi connectivity index (χ1n) is 5.97. The molecule has 4 heteroatoms. The Bertz CT molecular complexity index is 366. The molecule has 0 spiro atoms. The molecule has 2 unspecified atom stereocenters. The average Bonchev–Trinajstić information content (AvgIpc) is 2.83. The van der Waals surface area contributed by atoms with Crippen molar-refractivity contribution in [2.45, 2.75) is 18.5 Å². The molecule has 0 radical (unpaired) electrons. The second-order valence-corrected chi connectivity index (χ2v) is 4.93. The molecule has 1 aliphatic rings. The van der Waals surface area contributed by atoms with E-state index in [1.807, 2.05) is 18.2 Å². The van der Waals surface area contributed by atoms with Gasteiger partial charge in [0.05, 0.1) is 6.61 Å². The van der Waals surface area contributed by atoms with E-state index in [1.165, 1.54) is 5.56 Å². The van der Waals surface area contributed by atoms with Crippen LogP contribution in [0.4, 0.5) is 0 Å². The van der Waals surface area contributed by atoms with Crippen molar-refractivity contribution in [3.05, 3.63) is 34.9 Å². The van der Waals surface area contributed by atoms with Gasteiger partial charge in [0, 0.05) is 30.3 Å². The van der Waals surface area contributed by atoms with Gasteiger partial charge in [0.2, 0.25) is 0 Å². The third-order valence-corrected chi connectivity index (χ3v) is 3.67. The van der Waals surface area contributed by atoms with Crippen molar-refractivity contribution >= 4 is 11.6 Å². The van der Waals surface area contributed by atoms with Crippen LogP contribution >= 0.6 is 11.6 Å². The second-order valence-electron chi connectivity index (χ2n) is 4.49. The van der Waals surface area contributed by atoms with E-state index in [-0.39, 0.29) is 6.04 Å². The van der Waals surface area contributed by atoms with Gasteiger partial charge in [-0.1, -0.05) is 23.7 Å². The number of rotatable bonds is 4. The van der Waals surface area contributed by atoms with Crippen LogP contribution in [0.2, 0.25) is 5.02 Å². The molecule has 0 saturated carbocycles. The fraction of sp³-hybridized carbons (Fsp3) is 0.538. The molecule has 1 fully saturated rings. The first-order chi connectivity index (χ1) is 8.22. The van der Waals surface area contributed by atoms with Gasteiger partial charge in [-0.2, -0.15) is 0 Å². The largest absolute Gasteiger partial charge is 0.380 e. The summed E-state index contributed by atoms with van der Waals surface area (Å²) >= 11 is 6.03. The Morgan fingerprint density at radius 3 is 3.00 bits per heavy atom. The predicted octanol–water partition coefficient (Wildman–Crippen LogP) is 2.06. The molecule has 94 valence electrons. The lowest BCUT2D eigenvalue weighted by atomic mass is 10.0. The highest BCUT2D eigenvalue weighted by Crippen LogP contribution is 2.25. The van der Waals surface area contributed by atoms with Gasteiger partial charge < -0.3 is 10.5 Å². The number of halogens is 1. The van der Waals surface area contributed by atoms with Crippen LogP contribution in [-0.4, -0.2) is 37.7 Å². The van der Waals surface area contributed by atoms with E-state index in [0.717, 1.165) is 24.7 Å². The van der Waals surface area contributed by atoms with Crippen molar-refractivity contribution in [1.82, 2.24) is 4.90 Å². The van der Waals surface area contributed by atoms with Gasteiger partial charge in [-0.05, 0) is 31.2 Å². The minimum absolute atomic E-state index is 0.209. The van der Waals surface area contributed by atoms with Crippen LogP contribution in [-0.2, 0) is 4.74 Å². The summed E-state index contributed by atoms with van der Waals surface area (Å²) in [5, 5.41) is 0.761. The van der Waals surface area contributed by atoms with Crippen LogP contribution in [0.15, 0.2) is 24.3 Å². The highest BCUT2D eigenvalue weighted by Gasteiger charge is 2.26. The molecule has 0 bridgehead atoms. The molecule has 3 nitrogen and oxygen atoms in total. The van der Waals surface area contributed by atoms with E-state index >= 15 is 0 Å². The molecule has 0 aromatic heterocycles. The quantitative estimate of drug-likeness (QED) is 0.894. The summed E-state index contributed by atoms with van der Waals surface area (Å²) < 4.78 is 5.42. The minimum Gasteiger partial charge on any atom is -0.380 e. The number of nitrogens with zero attached hydrogens (tertiary/aromatic N) is 1. The molecule has 0 amide bonds. The van der Waals surface area contributed by atoms with Gasteiger partial charge in [0.25, 0.3) is 0 Å². The van der Waals surface area contributed by atoms with Gasteiger partial charge in [0.15, 0.2) is 0 Å². The summed E-state index contributed by atoms with van der Waals surface area (Å²) in [6.07, 6.45) is 1.08. The van der Waals surface area contributed by atoms with Crippen molar-refractivity contribution in [3.8, 4) is 0 Å². The number of benzene rings is 1. The Kier molecular flexibility index (Phi) is 4.40. The number of likely N-dealkylation sites (N-methyl/N-ethyl adjacent to an activating group) is 1. The normalized spacial score (nSPS) is 22.0. The summed E-state index contributed by atoms with van der Waals surface area (Å²) in [7, 11) is 2.11. The molecular weight excluding hydrogens is 236 g/mol. The van der Waals surface area contributed by atoms with Crippen molar-refractivity contribution in [2.24, 2.45) is 5.73 Å². The topological polar surface area (TPSA) is 38.5 Å². The Labute approximate surface area is 107 Å². The van der Waals surface area contributed by atoms with E-state index < -0.39 is 0 Å². The van der Waals surface area contributed by atoms with Crippen LogP contribution in [0.5, 0.6) is 0 Å². The average molecular weight is 255 g/mol. The standard InChI is InChI=1S/C13H19ClN2O/c1-16(12-5-6-17-9-12)13(8-15)10-3-2-4-11(14)7-10/h2-4,7,12-13H,5-6,8-9,15H2,1H3. The Hall–Kier alpha value is -0.610. The van der Waals surface area contributed by atoms with Gasteiger partial charge in [0.1, 0.15) is 0 Å². The molecular formula is C13H19ClN2O. The Morgan fingerprint density at radius 2 is 2.41 bits per heavy atom. The lowest BCUT2D eigenvalue weighted by molar-refractivity contribution is 0.134. The van der Waals surface area contributed by atoms with E-state index in [1.54, 1.807) is 0 Å². The highest BCUT2D eigenvalue weighted by molar-refractivity contribution is 6.30. The second kappa shape index (κ2) is 5.83. The fourth-order valence-electron chi connectivity index (χ4n) is 2.35. The maximum absolute atomic E-state index is 6.03. The maximum atomic E-state index is 6.03. The molecule has 0 aliphatic carbocycles. The van der Waals surface area contributed by atoms with E-state index in [2.05, 4.69) is 18.0 Å². The smallest absolute Gasteiger partial charge is 0.0622 e. The van der Waals surface area contributed by atoms with E-state index in [0.29, 0.717) is 12.6 Å². The number of nitrogens with two attached hydrogens (primary N) is 1. The van der Waals surface area contributed by atoms with Crippen LogP contribution < -0.4 is 5.73 Å². The monoisotopic (exact) mass is 254 g/mol. The van der Waals surface area contributed by atoms with Gasteiger partial charge in [-0.15, -0.1) is 0 Å². The lowest BCUT2D eigenvalue weighted by Crippen LogP contribution is -2.38. The number of ether oxygens (including phenoxy) is 1. The first kappa shape index (κ1) is 12.8. The summed E-state index contributed by atoms with van der Waals surface area (Å²) in [5.74, 6) is 0. The molecule has 17 heavy (non-hydrogen) atoms. The Morgan fingerprint density at radius 1 is 1.59 bits per heavy atom. The summed E-state index contributed by atoms with van der Waals surface area (Å²) in [6, 6.07) is 8.60. The predicted molar refractivity (Wildman–Crippen MR) is 70.2 cm³/mol. The molecule has 2 N–H and O–H groups in total. The van der Waals surface area contributed by atoms with Crippen molar-refractivity contribution in [2.75, 3.05) is 26.8 Å². The molecule has 2 rings (SSSR count). The van der Waals surface area contributed by atoms with Crippen molar-refractivity contribution < 1.29 is 4.74 Å². The molecule has 1 aromatic carbocycles. The Balaban J connectivity index is 2.14. The number of hydrogen-bond donors (Lipinski definition) is 1. The molecule has 1 saturated heterocycles. The fourth-order valence-corrected chi connectivity index (χ4v) is 2.55. The third kappa shape index (κ3) is 2.99. The highest BCUT2D eigenvalue weighted by atomic mass is 35.5. The maximum Gasteiger partial charge on any atom is 0.0622 e. The number of hydrogen-bond acceptors (Lipinski definition) is 3. The van der Waals surface area contributed by atoms with Crippen molar-refractivity contribution in [3.63, 3.8) is 0 Å². The summed E-state index contributed by atoms with van der Waals surface area (Å²) in [5.41, 5.74) is 7.07. The van der Waals surface area contributed by atoms with Gasteiger partial charge in [-0.25, -0.2) is 0 Å².